The second kappa shape index (κ2) is 15.2. The van der Waals surface area contributed by atoms with Crippen LogP contribution in [0.2, 0.25) is 0 Å². The standard InChI is InChI=1S/C44H55NO13/c1-23-20-29-43(22-54-29,57-25(3)46)34-36(56-37(50)27-18-14-11-15-19-27)44(53)21-28(24(2)30(41(44,7)8)32(47)35(49)42(23,34)9)55-38(51)33(48)31(26-16-12-10-13-17-26)45-39(52)58-40(4,5)6/h10-19,23,28-29,31-34,36,47-48,53H,20-22H2,1-9H3,(H,45,52)/t23-,28-,29+,31-,32+,33+,34+,36-,42+,43-,44+/m0/s1. The number of fused-ring (bicyclic) bond motifs is 5. The van der Waals surface area contributed by atoms with Crippen molar-refractivity contribution in [1.29, 1.82) is 0 Å². The predicted molar refractivity (Wildman–Crippen MR) is 207 cm³/mol. The second-order valence-electron chi connectivity index (χ2n) is 18.0. The lowest BCUT2D eigenvalue weighted by Gasteiger charge is -2.68. The minimum atomic E-state index is -2.24. The van der Waals surface area contributed by atoms with Gasteiger partial charge in [0.1, 0.15) is 35.6 Å². The molecular weight excluding hydrogens is 750 g/mol. The zero-order valence-electron chi connectivity index (χ0n) is 34.4. The molecule has 58 heavy (non-hydrogen) atoms. The average Bonchev–Trinajstić information content (AvgIpc) is 3.14. The number of hydrogen-bond acceptors (Lipinski definition) is 13. The van der Waals surface area contributed by atoms with Crippen molar-refractivity contribution in [3.05, 3.63) is 82.9 Å². The van der Waals surface area contributed by atoms with E-state index in [1.807, 2.05) is 0 Å². The third-order valence-corrected chi connectivity index (χ3v) is 13.0. The summed E-state index contributed by atoms with van der Waals surface area (Å²) in [5, 5.41) is 40.0. The van der Waals surface area contributed by atoms with Crippen molar-refractivity contribution in [2.75, 3.05) is 6.61 Å². The normalized spacial score (nSPS) is 33.7. The van der Waals surface area contributed by atoms with E-state index in [0.717, 1.165) is 0 Å². The number of aliphatic hydroxyl groups excluding tert-OH is 2. The monoisotopic (exact) mass is 805 g/mol. The maximum absolute atomic E-state index is 15.1. The predicted octanol–water partition coefficient (Wildman–Crippen LogP) is 4.53. The fourth-order valence-electron chi connectivity index (χ4n) is 9.86. The molecule has 2 aromatic carbocycles. The van der Waals surface area contributed by atoms with Crippen LogP contribution in [0.5, 0.6) is 0 Å². The molecule has 1 heterocycles. The first-order valence-corrected chi connectivity index (χ1v) is 19.7. The third kappa shape index (κ3) is 7.11. The van der Waals surface area contributed by atoms with Gasteiger partial charge in [0.05, 0.1) is 24.1 Å². The summed E-state index contributed by atoms with van der Waals surface area (Å²) in [7, 11) is 0. The fraction of sp³-hybridized carbons (Fsp3) is 0.568. The largest absolute Gasteiger partial charge is 0.456 e. The van der Waals surface area contributed by atoms with Crippen LogP contribution in [0.4, 0.5) is 4.79 Å². The number of ether oxygens (including phenoxy) is 5. The molecular formula is C44H55NO13. The molecule has 11 atom stereocenters. The van der Waals surface area contributed by atoms with Gasteiger partial charge >= 0.3 is 24.0 Å². The zero-order valence-corrected chi connectivity index (χ0v) is 34.4. The molecule has 1 saturated heterocycles. The van der Waals surface area contributed by atoms with E-state index in [4.69, 9.17) is 23.7 Å². The zero-order chi connectivity index (χ0) is 42.7. The van der Waals surface area contributed by atoms with Crippen LogP contribution < -0.4 is 5.32 Å². The number of carbonyl (C=O) groups is 5. The van der Waals surface area contributed by atoms with Crippen molar-refractivity contribution < 1.29 is 63.0 Å². The van der Waals surface area contributed by atoms with Gasteiger partial charge in [0, 0.05) is 24.2 Å². The Balaban J connectivity index is 1.49. The summed E-state index contributed by atoms with van der Waals surface area (Å²) in [6, 6.07) is 15.0. The van der Waals surface area contributed by atoms with E-state index in [2.05, 4.69) is 5.32 Å². The van der Waals surface area contributed by atoms with Crippen LogP contribution in [0.25, 0.3) is 0 Å². The molecule has 3 aliphatic carbocycles. The number of amides is 1. The number of carbonyl (C=O) groups excluding carboxylic acids is 5. The van der Waals surface area contributed by atoms with Crippen LogP contribution in [0.3, 0.4) is 0 Å². The summed E-state index contributed by atoms with van der Waals surface area (Å²) in [5.41, 5.74) is -7.04. The van der Waals surface area contributed by atoms with Crippen LogP contribution >= 0.6 is 0 Å². The highest BCUT2D eigenvalue weighted by molar-refractivity contribution is 5.94. The molecule has 2 saturated carbocycles. The van der Waals surface area contributed by atoms with Gasteiger partial charge in [0.15, 0.2) is 17.5 Å². The van der Waals surface area contributed by atoms with Crippen molar-refractivity contribution in [2.45, 2.75) is 129 Å². The molecule has 0 unspecified atom stereocenters. The molecule has 4 aliphatic rings. The van der Waals surface area contributed by atoms with Gasteiger partial charge in [0.25, 0.3) is 0 Å². The first-order chi connectivity index (χ1) is 27.0. The SMILES string of the molecule is CC(=O)O[C@@]12CO[C@@H]1C[C@H](C)[C@@]1(C)C(=O)[C@H](O)C3=C(C)[C@@H](OC(=O)[C@H](O)[C@@H](NC(=O)OC(C)(C)C)c4ccccc4)C[C@@](O)([C@@H](OC(=O)c4ccccc4)[C@@H]21)C3(C)C. The van der Waals surface area contributed by atoms with Gasteiger partial charge in [-0.2, -0.15) is 0 Å². The minimum Gasteiger partial charge on any atom is -0.456 e. The molecule has 6 rings (SSSR count). The number of rotatable bonds is 8. The van der Waals surface area contributed by atoms with Crippen molar-refractivity contribution in [1.82, 2.24) is 5.32 Å². The Labute approximate surface area is 338 Å². The molecule has 3 fully saturated rings. The molecule has 2 aromatic rings. The highest BCUT2D eigenvalue weighted by Gasteiger charge is 2.77. The van der Waals surface area contributed by atoms with E-state index in [0.29, 0.717) is 5.56 Å². The molecule has 1 aliphatic heterocycles. The first-order valence-electron chi connectivity index (χ1n) is 19.7. The van der Waals surface area contributed by atoms with E-state index in [-0.39, 0.29) is 29.7 Å². The Morgan fingerprint density at radius 2 is 1.57 bits per heavy atom. The van der Waals surface area contributed by atoms with E-state index >= 15 is 4.79 Å². The van der Waals surface area contributed by atoms with Gasteiger partial charge in [-0.3, -0.25) is 9.59 Å². The number of esters is 3. The molecule has 0 aromatic heterocycles. The van der Waals surface area contributed by atoms with Crippen LogP contribution in [0.15, 0.2) is 71.8 Å². The molecule has 0 radical (unpaired) electrons. The quantitative estimate of drug-likeness (QED) is 0.165. The molecule has 2 bridgehead atoms. The Hall–Kier alpha value is -4.63. The summed E-state index contributed by atoms with van der Waals surface area (Å²) in [6.07, 6.45) is -8.74. The molecule has 0 spiro atoms. The Bertz CT molecular complexity index is 1970. The Morgan fingerprint density at radius 3 is 2.12 bits per heavy atom. The van der Waals surface area contributed by atoms with Gasteiger partial charge in [-0.25, -0.2) is 14.4 Å². The van der Waals surface area contributed by atoms with Crippen molar-refractivity contribution in [3.8, 4) is 0 Å². The fourth-order valence-corrected chi connectivity index (χ4v) is 9.86. The highest BCUT2D eigenvalue weighted by Crippen LogP contribution is 2.65. The smallest absolute Gasteiger partial charge is 0.408 e. The second-order valence-corrected chi connectivity index (χ2v) is 18.0. The third-order valence-electron chi connectivity index (χ3n) is 13.0. The Kier molecular flexibility index (Phi) is 11.3. The topological polar surface area (TPSA) is 204 Å². The van der Waals surface area contributed by atoms with E-state index < -0.39 is 112 Å². The van der Waals surface area contributed by atoms with Crippen LogP contribution in [0.1, 0.15) is 97.1 Å². The lowest BCUT2D eigenvalue weighted by Crippen LogP contribution is -2.80. The van der Waals surface area contributed by atoms with E-state index in [1.165, 1.54) is 19.1 Å². The first kappa shape index (κ1) is 43.0. The number of nitrogens with one attached hydrogen (secondary N) is 1. The Morgan fingerprint density at radius 1 is 0.966 bits per heavy atom. The summed E-state index contributed by atoms with van der Waals surface area (Å²) in [5.74, 6) is -5.19. The molecule has 314 valence electrons. The van der Waals surface area contributed by atoms with Crippen molar-refractivity contribution in [3.63, 3.8) is 0 Å². The minimum absolute atomic E-state index is 0.0474. The van der Waals surface area contributed by atoms with Gasteiger partial charge in [-0.15, -0.1) is 0 Å². The maximum Gasteiger partial charge on any atom is 0.408 e. The summed E-state index contributed by atoms with van der Waals surface area (Å²) >= 11 is 0. The molecule has 14 nitrogen and oxygen atoms in total. The van der Waals surface area contributed by atoms with Gasteiger partial charge in [-0.05, 0) is 68.9 Å². The average molecular weight is 806 g/mol. The summed E-state index contributed by atoms with van der Waals surface area (Å²) < 4.78 is 30.0. The lowest BCUT2D eigenvalue weighted by atomic mass is 9.43. The molecule has 1 amide bonds. The van der Waals surface area contributed by atoms with Gasteiger partial charge < -0.3 is 44.3 Å². The molecule has 4 N–H and O–H groups in total. The van der Waals surface area contributed by atoms with Gasteiger partial charge in [-0.1, -0.05) is 76.2 Å². The van der Waals surface area contributed by atoms with Crippen LogP contribution in [-0.4, -0.2) is 99.0 Å². The molecule has 14 heteroatoms. The number of aliphatic hydroxyl groups is 3. The number of benzene rings is 2. The van der Waals surface area contributed by atoms with E-state index in [9.17, 15) is 34.5 Å². The van der Waals surface area contributed by atoms with E-state index in [1.54, 1.807) is 104 Å². The van der Waals surface area contributed by atoms with Crippen LogP contribution in [-0.2, 0) is 38.1 Å². The number of ketones is 1. The van der Waals surface area contributed by atoms with Gasteiger partial charge in [0.2, 0.25) is 0 Å². The highest BCUT2D eigenvalue weighted by atomic mass is 16.6. The van der Waals surface area contributed by atoms with Crippen LogP contribution in [0, 0.1) is 22.7 Å². The number of Topliss-reactive ketones (excluding diaryl/α,β-unsaturated/α-hetero) is 1. The lowest BCUT2D eigenvalue weighted by molar-refractivity contribution is -0.340. The number of alkyl carbamates (subject to hydrolysis) is 1. The van der Waals surface area contributed by atoms with Crippen molar-refractivity contribution in [2.24, 2.45) is 22.7 Å². The maximum atomic E-state index is 15.1. The summed E-state index contributed by atoms with van der Waals surface area (Å²) in [4.78, 5) is 69.2. The van der Waals surface area contributed by atoms with Crippen molar-refractivity contribution >= 4 is 29.8 Å². The number of hydrogen-bond donors (Lipinski definition) is 4. The summed E-state index contributed by atoms with van der Waals surface area (Å²) in [6.45, 7) is 14.2.